The van der Waals surface area contributed by atoms with Crippen molar-refractivity contribution in [1.82, 2.24) is 20.2 Å². The summed E-state index contributed by atoms with van der Waals surface area (Å²) in [5.74, 6) is 1.56. The third kappa shape index (κ3) is 3.74. The van der Waals surface area contributed by atoms with Gasteiger partial charge in [0.2, 0.25) is 0 Å². The number of hydrogen-bond acceptors (Lipinski definition) is 5. The third-order valence-corrected chi connectivity index (χ3v) is 5.51. The Hall–Kier alpha value is -3.16. The number of anilines is 2. The van der Waals surface area contributed by atoms with Crippen LogP contribution in [-0.4, -0.2) is 66.1 Å². The standard InChI is InChI=1S/C21H26N6O2/c1-14-10-16(3)19(24-12-14)25-6-8-26(9-7-25)20(28)17-13-23-18(11-15(17)2)27-5-4-22-21(27)29/h10-13H,4-9H2,1-3H3,(H,22,29). The van der Waals surface area contributed by atoms with Crippen LogP contribution in [0.3, 0.4) is 0 Å². The molecule has 4 heterocycles. The predicted molar refractivity (Wildman–Crippen MR) is 112 cm³/mol. The highest BCUT2D eigenvalue weighted by Crippen LogP contribution is 2.22. The van der Waals surface area contributed by atoms with Crippen LogP contribution >= 0.6 is 0 Å². The number of amides is 3. The number of pyridine rings is 2. The first kappa shape index (κ1) is 19.2. The van der Waals surface area contributed by atoms with Crippen molar-refractivity contribution in [3.05, 3.63) is 46.8 Å². The van der Waals surface area contributed by atoms with E-state index in [2.05, 4.69) is 33.2 Å². The lowest BCUT2D eigenvalue weighted by Crippen LogP contribution is -2.49. The molecule has 152 valence electrons. The molecule has 3 amide bonds. The van der Waals surface area contributed by atoms with Crippen LogP contribution in [0.4, 0.5) is 16.4 Å². The van der Waals surface area contributed by atoms with Crippen molar-refractivity contribution in [2.24, 2.45) is 0 Å². The molecule has 4 rings (SSSR count). The van der Waals surface area contributed by atoms with E-state index in [1.54, 1.807) is 11.1 Å². The van der Waals surface area contributed by atoms with E-state index in [1.807, 2.05) is 31.0 Å². The second-order valence-electron chi connectivity index (χ2n) is 7.67. The lowest BCUT2D eigenvalue weighted by Gasteiger charge is -2.36. The van der Waals surface area contributed by atoms with Crippen molar-refractivity contribution in [2.75, 3.05) is 49.1 Å². The van der Waals surface area contributed by atoms with Gasteiger partial charge in [-0.2, -0.15) is 0 Å². The van der Waals surface area contributed by atoms with E-state index in [0.717, 1.165) is 35.6 Å². The second-order valence-corrected chi connectivity index (χ2v) is 7.67. The Balaban J connectivity index is 1.43. The van der Waals surface area contributed by atoms with Gasteiger partial charge in [-0.1, -0.05) is 6.07 Å². The van der Waals surface area contributed by atoms with Crippen LogP contribution in [0.5, 0.6) is 0 Å². The summed E-state index contributed by atoms with van der Waals surface area (Å²) in [6, 6.07) is 3.80. The summed E-state index contributed by atoms with van der Waals surface area (Å²) in [7, 11) is 0. The van der Waals surface area contributed by atoms with Gasteiger partial charge in [0.15, 0.2) is 0 Å². The highest BCUT2D eigenvalue weighted by atomic mass is 16.2. The number of nitrogens with zero attached hydrogens (tertiary/aromatic N) is 5. The zero-order chi connectivity index (χ0) is 20.5. The summed E-state index contributed by atoms with van der Waals surface area (Å²) in [5, 5.41) is 2.76. The Labute approximate surface area is 170 Å². The van der Waals surface area contributed by atoms with Crippen molar-refractivity contribution < 1.29 is 9.59 Å². The van der Waals surface area contributed by atoms with Gasteiger partial charge in [-0.05, 0) is 43.5 Å². The minimum atomic E-state index is -0.146. The number of piperazine rings is 1. The van der Waals surface area contributed by atoms with Crippen molar-refractivity contribution in [3.8, 4) is 0 Å². The van der Waals surface area contributed by atoms with Crippen LogP contribution in [-0.2, 0) is 0 Å². The summed E-state index contributed by atoms with van der Waals surface area (Å²) >= 11 is 0. The maximum atomic E-state index is 13.0. The van der Waals surface area contributed by atoms with Gasteiger partial charge in [0.1, 0.15) is 11.6 Å². The molecule has 2 saturated heterocycles. The Morgan fingerprint density at radius 1 is 0.966 bits per heavy atom. The number of aromatic nitrogens is 2. The predicted octanol–water partition coefficient (Wildman–Crippen LogP) is 1.89. The molecular formula is C21H26N6O2. The Kier molecular flexibility index (Phi) is 5.08. The monoisotopic (exact) mass is 394 g/mol. The molecule has 2 aromatic heterocycles. The largest absolute Gasteiger partial charge is 0.353 e. The zero-order valence-electron chi connectivity index (χ0n) is 17.1. The molecule has 0 spiro atoms. The van der Waals surface area contributed by atoms with Gasteiger partial charge in [-0.15, -0.1) is 0 Å². The molecule has 0 saturated carbocycles. The molecule has 0 aromatic carbocycles. The van der Waals surface area contributed by atoms with Gasteiger partial charge in [0.25, 0.3) is 5.91 Å². The molecule has 0 bridgehead atoms. The van der Waals surface area contributed by atoms with Crippen LogP contribution in [0, 0.1) is 20.8 Å². The normalized spacial score (nSPS) is 16.9. The third-order valence-electron chi connectivity index (χ3n) is 5.51. The summed E-state index contributed by atoms with van der Waals surface area (Å²) in [6.45, 7) is 9.99. The molecule has 8 heteroatoms. The van der Waals surface area contributed by atoms with E-state index in [4.69, 9.17) is 0 Å². The number of aryl methyl sites for hydroxylation is 3. The molecule has 0 radical (unpaired) electrons. The van der Waals surface area contributed by atoms with Crippen molar-refractivity contribution in [3.63, 3.8) is 0 Å². The molecule has 8 nitrogen and oxygen atoms in total. The van der Waals surface area contributed by atoms with E-state index in [1.165, 1.54) is 0 Å². The maximum Gasteiger partial charge on any atom is 0.323 e. The summed E-state index contributed by atoms with van der Waals surface area (Å²) in [4.78, 5) is 39.5. The lowest BCUT2D eigenvalue weighted by molar-refractivity contribution is 0.0745. The molecule has 0 aliphatic carbocycles. The average molecular weight is 394 g/mol. The van der Waals surface area contributed by atoms with E-state index < -0.39 is 0 Å². The summed E-state index contributed by atoms with van der Waals surface area (Å²) in [6.07, 6.45) is 3.48. The molecule has 2 aliphatic heterocycles. The molecule has 1 N–H and O–H groups in total. The van der Waals surface area contributed by atoms with E-state index in [9.17, 15) is 9.59 Å². The first-order chi connectivity index (χ1) is 13.9. The Bertz CT molecular complexity index is 952. The van der Waals surface area contributed by atoms with E-state index in [0.29, 0.717) is 37.6 Å². The first-order valence-electron chi connectivity index (χ1n) is 9.93. The first-order valence-corrected chi connectivity index (χ1v) is 9.93. The van der Waals surface area contributed by atoms with Gasteiger partial charge in [-0.3, -0.25) is 9.69 Å². The topological polar surface area (TPSA) is 81.7 Å². The lowest BCUT2D eigenvalue weighted by atomic mass is 10.1. The number of carbonyl (C=O) groups is 2. The molecule has 2 aromatic rings. The van der Waals surface area contributed by atoms with Crippen LogP contribution in [0.1, 0.15) is 27.0 Å². The summed E-state index contributed by atoms with van der Waals surface area (Å²) in [5.41, 5.74) is 3.73. The smallest absolute Gasteiger partial charge is 0.323 e. The Morgan fingerprint density at radius 2 is 1.72 bits per heavy atom. The Morgan fingerprint density at radius 3 is 2.34 bits per heavy atom. The molecule has 2 aliphatic rings. The fourth-order valence-corrected chi connectivity index (χ4v) is 3.93. The van der Waals surface area contributed by atoms with Gasteiger partial charge < -0.3 is 15.1 Å². The number of carbonyl (C=O) groups excluding carboxylic acids is 2. The van der Waals surface area contributed by atoms with Crippen molar-refractivity contribution in [2.45, 2.75) is 20.8 Å². The van der Waals surface area contributed by atoms with Crippen LogP contribution in [0.15, 0.2) is 24.5 Å². The molecule has 0 atom stereocenters. The number of urea groups is 1. The van der Waals surface area contributed by atoms with Crippen LogP contribution in [0.25, 0.3) is 0 Å². The average Bonchev–Trinajstić information content (AvgIpc) is 3.13. The highest BCUT2D eigenvalue weighted by Gasteiger charge is 2.27. The molecule has 2 fully saturated rings. The van der Waals surface area contributed by atoms with Crippen molar-refractivity contribution in [1.29, 1.82) is 0 Å². The number of rotatable bonds is 3. The van der Waals surface area contributed by atoms with Crippen molar-refractivity contribution >= 4 is 23.6 Å². The van der Waals surface area contributed by atoms with Crippen LogP contribution < -0.4 is 15.1 Å². The number of hydrogen-bond donors (Lipinski definition) is 1. The molecule has 0 unspecified atom stereocenters. The van der Waals surface area contributed by atoms with E-state index in [-0.39, 0.29) is 11.9 Å². The quantitative estimate of drug-likeness (QED) is 0.860. The van der Waals surface area contributed by atoms with Gasteiger partial charge in [-0.25, -0.2) is 14.8 Å². The fraction of sp³-hybridized carbons (Fsp3) is 0.429. The zero-order valence-corrected chi connectivity index (χ0v) is 17.1. The minimum Gasteiger partial charge on any atom is -0.353 e. The van der Waals surface area contributed by atoms with E-state index >= 15 is 0 Å². The maximum absolute atomic E-state index is 13.0. The fourth-order valence-electron chi connectivity index (χ4n) is 3.93. The molecule has 29 heavy (non-hydrogen) atoms. The van der Waals surface area contributed by atoms with Gasteiger partial charge in [0.05, 0.1) is 5.56 Å². The SMILES string of the molecule is Cc1cnc(N2CCN(C(=O)c3cnc(N4CCNC4=O)cc3C)CC2)c(C)c1. The van der Waals surface area contributed by atoms with Crippen LogP contribution in [0.2, 0.25) is 0 Å². The second kappa shape index (κ2) is 7.69. The molecular weight excluding hydrogens is 368 g/mol. The highest BCUT2D eigenvalue weighted by molar-refractivity contribution is 5.97. The van der Waals surface area contributed by atoms with Gasteiger partial charge >= 0.3 is 6.03 Å². The number of nitrogens with one attached hydrogen (secondary N) is 1. The summed E-state index contributed by atoms with van der Waals surface area (Å²) < 4.78 is 0. The minimum absolute atomic E-state index is 0.0133. The van der Waals surface area contributed by atoms with Gasteiger partial charge in [0, 0.05) is 51.7 Å².